The largest absolute Gasteiger partial charge is 0.492 e. The molecule has 106 valence electrons. The van der Waals surface area contributed by atoms with Gasteiger partial charge in [-0.15, -0.1) is 0 Å². The lowest BCUT2D eigenvalue weighted by Gasteiger charge is -2.19. The van der Waals surface area contributed by atoms with Crippen molar-refractivity contribution in [2.45, 2.75) is 32.8 Å². The molecule has 0 saturated carbocycles. The molecular formula is C13H15BrClFO3. The number of rotatable bonds is 4. The highest BCUT2D eigenvalue weighted by molar-refractivity contribution is 9.10. The maximum Gasteiger partial charge on any atom is 0.309 e. The topological polar surface area (TPSA) is 35.5 Å². The lowest BCUT2D eigenvalue weighted by Crippen LogP contribution is -2.24. The van der Waals surface area contributed by atoms with Crippen LogP contribution in [0.25, 0.3) is 0 Å². The van der Waals surface area contributed by atoms with Gasteiger partial charge < -0.3 is 9.47 Å². The van der Waals surface area contributed by atoms with Gasteiger partial charge in [0.1, 0.15) is 17.2 Å². The molecule has 0 N–H and O–H groups in total. The highest BCUT2D eigenvalue weighted by atomic mass is 79.9. The smallest absolute Gasteiger partial charge is 0.309 e. The fraction of sp³-hybridized carbons (Fsp3) is 0.462. The van der Waals surface area contributed by atoms with E-state index in [1.807, 2.05) is 0 Å². The zero-order valence-electron chi connectivity index (χ0n) is 10.9. The van der Waals surface area contributed by atoms with E-state index in [0.717, 1.165) is 0 Å². The summed E-state index contributed by atoms with van der Waals surface area (Å²) in [6.07, 6.45) is 0.0912. The van der Waals surface area contributed by atoms with Gasteiger partial charge in [0.25, 0.3) is 0 Å². The Morgan fingerprint density at radius 2 is 2.05 bits per heavy atom. The summed E-state index contributed by atoms with van der Waals surface area (Å²) in [5, 5.41) is 0.00590. The van der Waals surface area contributed by atoms with Gasteiger partial charge in [-0.25, -0.2) is 4.39 Å². The van der Waals surface area contributed by atoms with Crippen LogP contribution in [0.1, 0.15) is 27.2 Å². The number of hydrogen-bond acceptors (Lipinski definition) is 3. The molecule has 0 aromatic heterocycles. The van der Waals surface area contributed by atoms with E-state index in [-0.39, 0.29) is 24.0 Å². The highest BCUT2D eigenvalue weighted by Gasteiger charge is 2.16. The second-order valence-corrected chi connectivity index (χ2v) is 6.14. The van der Waals surface area contributed by atoms with E-state index in [4.69, 9.17) is 21.1 Å². The number of halogens is 3. The minimum atomic E-state index is -0.572. The van der Waals surface area contributed by atoms with E-state index in [2.05, 4.69) is 15.9 Å². The number of hydrogen-bond donors (Lipinski definition) is 0. The summed E-state index contributed by atoms with van der Waals surface area (Å²) in [6, 6.07) is 2.57. The quantitative estimate of drug-likeness (QED) is 0.596. The van der Waals surface area contributed by atoms with Crippen LogP contribution in [0.15, 0.2) is 16.6 Å². The third kappa shape index (κ3) is 5.78. The maximum atomic E-state index is 13.2. The molecule has 0 aliphatic carbocycles. The first-order chi connectivity index (χ1) is 8.69. The van der Waals surface area contributed by atoms with Gasteiger partial charge in [0.15, 0.2) is 0 Å². The number of ether oxygens (including phenoxy) is 2. The van der Waals surface area contributed by atoms with Gasteiger partial charge in [-0.2, -0.15) is 0 Å². The fourth-order valence-corrected chi connectivity index (χ4v) is 2.01. The van der Waals surface area contributed by atoms with E-state index in [9.17, 15) is 9.18 Å². The normalized spacial score (nSPS) is 11.3. The standard InChI is InChI=1S/C13H15BrClFO3/c1-13(2,3)19-12(17)4-5-18-11-7-10(16)9(15)6-8(11)14/h6-7H,4-5H2,1-3H3. The zero-order chi connectivity index (χ0) is 14.6. The summed E-state index contributed by atoms with van der Waals surface area (Å²) >= 11 is 8.81. The van der Waals surface area contributed by atoms with Crippen LogP contribution in [-0.2, 0) is 9.53 Å². The molecule has 0 unspecified atom stereocenters. The molecule has 0 aliphatic heterocycles. The molecule has 0 fully saturated rings. The molecular weight excluding hydrogens is 338 g/mol. The van der Waals surface area contributed by atoms with Gasteiger partial charge in [0.2, 0.25) is 0 Å². The van der Waals surface area contributed by atoms with Crippen molar-refractivity contribution in [2.75, 3.05) is 6.61 Å². The molecule has 19 heavy (non-hydrogen) atoms. The van der Waals surface area contributed by atoms with Gasteiger partial charge in [-0.05, 0) is 42.8 Å². The van der Waals surface area contributed by atoms with E-state index in [1.165, 1.54) is 12.1 Å². The van der Waals surface area contributed by atoms with Crippen LogP contribution in [0.3, 0.4) is 0 Å². The molecule has 0 radical (unpaired) electrons. The Kier molecular flexibility index (Phi) is 5.62. The second kappa shape index (κ2) is 6.57. The monoisotopic (exact) mass is 352 g/mol. The minimum Gasteiger partial charge on any atom is -0.492 e. The summed E-state index contributed by atoms with van der Waals surface area (Å²) in [4.78, 5) is 11.4. The number of carbonyl (C=O) groups is 1. The van der Waals surface area contributed by atoms with Crippen molar-refractivity contribution in [3.8, 4) is 5.75 Å². The van der Waals surface area contributed by atoms with Gasteiger partial charge in [-0.1, -0.05) is 11.6 Å². The van der Waals surface area contributed by atoms with Crippen LogP contribution in [0.5, 0.6) is 5.75 Å². The Morgan fingerprint density at radius 3 is 2.63 bits per heavy atom. The molecule has 1 rings (SSSR count). The number of carbonyl (C=O) groups excluding carboxylic acids is 1. The fourth-order valence-electron chi connectivity index (χ4n) is 1.25. The first-order valence-electron chi connectivity index (χ1n) is 5.68. The van der Waals surface area contributed by atoms with Crippen LogP contribution in [0.4, 0.5) is 4.39 Å². The summed E-state index contributed by atoms with van der Waals surface area (Å²) in [6.45, 7) is 5.47. The van der Waals surface area contributed by atoms with E-state index in [0.29, 0.717) is 10.2 Å². The SMILES string of the molecule is CC(C)(C)OC(=O)CCOc1cc(F)c(Cl)cc1Br. The van der Waals surface area contributed by atoms with Gasteiger partial charge in [-0.3, -0.25) is 4.79 Å². The third-order valence-electron chi connectivity index (χ3n) is 1.96. The predicted molar refractivity (Wildman–Crippen MR) is 75.1 cm³/mol. The van der Waals surface area contributed by atoms with Crippen molar-refractivity contribution < 1.29 is 18.7 Å². The average Bonchev–Trinajstić information content (AvgIpc) is 2.22. The van der Waals surface area contributed by atoms with E-state index < -0.39 is 11.4 Å². The highest BCUT2D eigenvalue weighted by Crippen LogP contribution is 2.30. The van der Waals surface area contributed by atoms with Gasteiger partial charge in [0.05, 0.1) is 22.5 Å². The molecule has 0 atom stereocenters. The molecule has 6 heteroatoms. The predicted octanol–water partition coefficient (Wildman–Crippen LogP) is 4.35. The lowest BCUT2D eigenvalue weighted by molar-refractivity contribution is -0.155. The molecule has 0 bridgehead atoms. The number of esters is 1. The number of benzene rings is 1. The Hall–Kier alpha value is -0.810. The molecule has 0 amide bonds. The molecule has 1 aromatic rings. The maximum absolute atomic E-state index is 13.2. The minimum absolute atomic E-state index is 0.00590. The Balaban J connectivity index is 2.50. The van der Waals surface area contributed by atoms with Crippen LogP contribution in [0, 0.1) is 5.82 Å². The first kappa shape index (κ1) is 16.2. The van der Waals surface area contributed by atoms with Crippen molar-refractivity contribution in [1.29, 1.82) is 0 Å². The van der Waals surface area contributed by atoms with Gasteiger partial charge >= 0.3 is 5.97 Å². The van der Waals surface area contributed by atoms with Crippen LogP contribution >= 0.6 is 27.5 Å². The van der Waals surface area contributed by atoms with Crippen molar-refractivity contribution in [3.63, 3.8) is 0 Å². The molecule has 0 spiro atoms. The summed E-state index contributed by atoms with van der Waals surface area (Å²) in [5.74, 6) is -0.638. The summed E-state index contributed by atoms with van der Waals surface area (Å²) in [7, 11) is 0. The van der Waals surface area contributed by atoms with Gasteiger partial charge in [0, 0.05) is 6.07 Å². The first-order valence-corrected chi connectivity index (χ1v) is 6.85. The van der Waals surface area contributed by atoms with Crippen molar-refractivity contribution in [1.82, 2.24) is 0 Å². The molecule has 0 heterocycles. The summed E-state index contributed by atoms with van der Waals surface area (Å²) in [5.41, 5.74) is -0.524. The van der Waals surface area contributed by atoms with Crippen molar-refractivity contribution in [2.24, 2.45) is 0 Å². The summed E-state index contributed by atoms with van der Waals surface area (Å²) < 4.78 is 24.2. The zero-order valence-corrected chi connectivity index (χ0v) is 13.3. The lowest BCUT2D eigenvalue weighted by atomic mass is 10.2. The third-order valence-corrected chi connectivity index (χ3v) is 2.87. The van der Waals surface area contributed by atoms with Crippen molar-refractivity contribution >= 4 is 33.5 Å². The second-order valence-electron chi connectivity index (χ2n) is 4.88. The molecule has 3 nitrogen and oxygen atoms in total. The van der Waals surface area contributed by atoms with Crippen molar-refractivity contribution in [3.05, 3.63) is 27.4 Å². The Bertz CT molecular complexity index is 472. The van der Waals surface area contributed by atoms with Crippen LogP contribution in [0.2, 0.25) is 5.02 Å². The van der Waals surface area contributed by atoms with Crippen LogP contribution in [-0.4, -0.2) is 18.2 Å². The Labute approximate surface area is 125 Å². The Morgan fingerprint density at radius 1 is 1.42 bits per heavy atom. The van der Waals surface area contributed by atoms with E-state index >= 15 is 0 Å². The molecule has 1 aromatic carbocycles. The van der Waals surface area contributed by atoms with Crippen LogP contribution < -0.4 is 4.74 Å². The molecule has 0 saturated heterocycles. The molecule has 0 aliphatic rings. The van der Waals surface area contributed by atoms with E-state index in [1.54, 1.807) is 20.8 Å². The average molecular weight is 354 g/mol.